The summed E-state index contributed by atoms with van der Waals surface area (Å²) in [6, 6.07) is 0. The van der Waals surface area contributed by atoms with Gasteiger partial charge in [0, 0.05) is 13.5 Å². The molecular formula is C7H17CaNO4S. The Hall–Kier alpha value is 0.640. The van der Waals surface area contributed by atoms with Crippen molar-refractivity contribution in [1.29, 1.82) is 0 Å². The number of hydrogen-bond acceptors (Lipinski definition) is 3. The molecule has 0 heterocycles. The van der Waals surface area contributed by atoms with Gasteiger partial charge in [0.15, 0.2) is 0 Å². The number of hydrogen-bond donors (Lipinski definition) is 2. The quantitative estimate of drug-likeness (QED) is 0.502. The van der Waals surface area contributed by atoms with Crippen LogP contribution in [0.2, 0.25) is 0 Å². The maximum absolute atomic E-state index is 10.5. The van der Waals surface area contributed by atoms with Gasteiger partial charge in [-0.1, -0.05) is 13.8 Å². The van der Waals surface area contributed by atoms with E-state index in [1.165, 1.54) is 6.92 Å². The van der Waals surface area contributed by atoms with Crippen LogP contribution in [0, 0.1) is 5.41 Å². The van der Waals surface area contributed by atoms with Gasteiger partial charge < -0.3 is 5.32 Å². The monoisotopic (exact) mass is 251 g/mol. The molecule has 0 saturated carbocycles. The van der Waals surface area contributed by atoms with Gasteiger partial charge in [0.2, 0.25) is 5.91 Å². The fourth-order valence-corrected chi connectivity index (χ4v) is 2.00. The molecule has 0 aliphatic carbocycles. The van der Waals surface area contributed by atoms with E-state index in [-0.39, 0.29) is 55.9 Å². The van der Waals surface area contributed by atoms with E-state index >= 15 is 0 Å². The number of amides is 1. The SMILES string of the molecule is CC(=O)NCC(C)(C)CS(=O)(=O)O.[CaH2]. The Bertz CT molecular complexity index is 286. The van der Waals surface area contributed by atoms with Crippen molar-refractivity contribution in [3.05, 3.63) is 0 Å². The summed E-state index contributed by atoms with van der Waals surface area (Å²) >= 11 is 0. The summed E-state index contributed by atoms with van der Waals surface area (Å²) in [7, 11) is -3.98. The van der Waals surface area contributed by atoms with E-state index in [1.807, 2.05) is 0 Å². The van der Waals surface area contributed by atoms with Gasteiger partial charge in [-0.25, -0.2) is 0 Å². The zero-order valence-electron chi connectivity index (χ0n) is 7.99. The molecule has 14 heavy (non-hydrogen) atoms. The van der Waals surface area contributed by atoms with Gasteiger partial charge >= 0.3 is 37.7 Å². The number of nitrogens with one attached hydrogen (secondary N) is 1. The van der Waals surface area contributed by atoms with Crippen molar-refractivity contribution in [2.24, 2.45) is 5.41 Å². The second-order valence-corrected chi connectivity index (χ2v) is 5.25. The number of rotatable bonds is 4. The third-order valence-electron chi connectivity index (χ3n) is 1.39. The minimum absolute atomic E-state index is 0. The first-order valence-electron chi connectivity index (χ1n) is 3.82. The van der Waals surface area contributed by atoms with Crippen molar-refractivity contribution in [1.82, 2.24) is 5.32 Å². The summed E-state index contributed by atoms with van der Waals surface area (Å²) in [6.45, 7) is 4.87. The molecule has 2 N–H and O–H groups in total. The number of carbonyl (C=O) groups is 1. The fraction of sp³-hybridized carbons (Fsp3) is 0.857. The first-order valence-corrected chi connectivity index (χ1v) is 5.43. The number of carbonyl (C=O) groups excluding carboxylic acids is 1. The molecule has 7 heteroatoms. The topological polar surface area (TPSA) is 83.5 Å². The molecule has 0 fully saturated rings. The molecular weight excluding hydrogens is 234 g/mol. The minimum atomic E-state index is -3.98. The molecule has 0 rings (SSSR count). The molecule has 0 aliphatic heterocycles. The van der Waals surface area contributed by atoms with Crippen LogP contribution in [-0.4, -0.2) is 68.9 Å². The summed E-state index contributed by atoms with van der Waals surface area (Å²) in [5.74, 6) is -0.580. The van der Waals surface area contributed by atoms with Crippen LogP contribution in [0.5, 0.6) is 0 Å². The maximum atomic E-state index is 10.5. The van der Waals surface area contributed by atoms with Crippen molar-refractivity contribution in [2.45, 2.75) is 20.8 Å². The van der Waals surface area contributed by atoms with Crippen LogP contribution in [0.1, 0.15) is 20.8 Å². The Morgan fingerprint density at radius 1 is 1.43 bits per heavy atom. The van der Waals surface area contributed by atoms with E-state index in [4.69, 9.17) is 4.55 Å². The normalized spacial score (nSPS) is 11.7. The standard InChI is InChI=1S/C7H15NO4S.Ca.2H/c1-6(9)8-4-7(2,3)5-13(10,11)12;;;/h4-5H2,1-3H3,(H,8,9)(H,10,11,12);;;. The summed E-state index contributed by atoms with van der Waals surface area (Å²) in [4.78, 5) is 10.5. The Kier molecular flexibility index (Phi) is 7.64. The van der Waals surface area contributed by atoms with Crippen LogP contribution in [-0.2, 0) is 14.9 Å². The molecule has 0 aromatic heterocycles. The first-order chi connectivity index (χ1) is 5.62. The van der Waals surface area contributed by atoms with Crippen LogP contribution >= 0.6 is 0 Å². The van der Waals surface area contributed by atoms with Crippen molar-refractivity contribution >= 4 is 53.8 Å². The van der Waals surface area contributed by atoms with Crippen LogP contribution in [0.4, 0.5) is 0 Å². The van der Waals surface area contributed by atoms with Gasteiger partial charge in [0.1, 0.15) is 0 Å². The van der Waals surface area contributed by atoms with E-state index in [2.05, 4.69) is 5.32 Å². The Morgan fingerprint density at radius 3 is 2.14 bits per heavy atom. The summed E-state index contributed by atoms with van der Waals surface area (Å²) < 4.78 is 29.6. The average molecular weight is 251 g/mol. The van der Waals surface area contributed by atoms with Gasteiger partial charge in [0.05, 0.1) is 5.75 Å². The van der Waals surface area contributed by atoms with E-state index in [1.54, 1.807) is 13.8 Å². The van der Waals surface area contributed by atoms with Gasteiger partial charge in [-0.2, -0.15) is 8.42 Å². The predicted octanol–water partition coefficient (Wildman–Crippen LogP) is -0.880. The van der Waals surface area contributed by atoms with Gasteiger partial charge in [-0.3, -0.25) is 9.35 Å². The molecule has 0 aromatic carbocycles. The molecule has 0 aromatic rings. The molecule has 0 spiro atoms. The second kappa shape index (κ2) is 6.27. The zero-order valence-corrected chi connectivity index (χ0v) is 8.81. The summed E-state index contributed by atoms with van der Waals surface area (Å²) in [6.07, 6.45) is 0. The van der Waals surface area contributed by atoms with Crippen LogP contribution in [0.3, 0.4) is 0 Å². The third-order valence-corrected chi connectivity index (χ3v) is 2.54. The van der Waals surface area contributed by atoms with Crippen molar-refractivity contribution in [2.75, 3.05) is 12.3 Å². The molecule has 82 valence electrons. The molecule has 0 unspecified atom stereocenters. The van der Waals surface area contributed by atoms with Gasteiger partial charge in [-0.15, -0.1) is 0 Å². The summed E-state index contributed by atoms with van der Waals surface area (Å²) in [5, 5.41) is 2.49. The molecule has 5 nitrogen and oxygen atoms in total. The zero-order chi connectivity index (χ0) is 10.7. The van der Waals surface area contributed by atoms with Gasteiger partial charge in [0.25, 0.3) is 10.1 Å². The Labute approximate surface area is 114 Å². The van der Waals surface area contributed by atoms with E-state index in [0.29, 0.717) is 0 Å². The van der Waals surface area contributed by atoms with Crippen molar-refractivity contribution in [3.8, 4) is 0 Å². The second-order valence-electron chi connectivity index (χ2n) is 3.80. The fourth-order valence-electron chi connectivity index (χ4n) is 0.909. The van der Waals surface area contributed by atoms with Crippen LogP contribution in [0.25, 0.3) is 0 Å². The van der Waals surface area contributed by atoms with E-state index < -0.39 is 15.5 Å². The first kappa shape index (κ1) is 17.0. The molecule has 0 saturated heterocycles. The Morgan fingerprint density at radius 2 is 1.86 bits per heavy atom. The summed E-state index contributed by atoms with van der Waals surface area (Å²) in [5.41, 5.74) is -0.654. The molecule has 0 radical (unpaired) electrons. The van der Waals surface area contributed by atoms with Crippen LogP contribution < -0.4 is 5.32 Å². The average Bonchev–Trinajstić information content (AvgIpc) is 1.78. The molecule has 0 atom stereocenters. The predicted molar refractivity (Wildman–Crippen MR) is 57.4 cm³/mol. The van der Waals surface area contributed by atoms with Crippen molar-refractivity contribution < 1.29 is 17.8 Å². The molecule has 0 bridgehead atoms. The van der Waals surface area contributed by atoms with E-state index in [9.17, 15) is 13.2 Å². The Balaban J connectivity index is 0. The van der Waals surface area contributed by atoms with E-state index in [0.717, 1.165) is 0 Å². The van der Waals surface area contributed by atoms with Gasteiger partial charge in [-0.05, 0) is 5.41 Å². The van der Waals surface area contributed by atoms with Crippen molar-refractivity contribution in [3.63, 3.8) is 0 Å². The molecule has 0 aliphatic rings. The molecule has 1 amide bonds. The third kappa shape index (κ3) is 10.7. The van der Waals surface area contributed by atoms with Crippen LogP contribution in [0.15, 0.2) is 0 Å².